The van der Waals surface area contributed by atoms with E-state index < -0.39 is 0 Å². The second-order valence-corrected chi connectivity index (χ2v) is 6.32. The minimum Gasteiger partial charge on any atom is -0.336 e. The lowest BCUT2D eigenvalue weighted by molar-refractivity contribution is 0.251. The van der Waals surface area contributed by atoms with Crippen molar-refractivity contribution in [3.63, 3.8) is 0 Å². The van der Waals surface area contributed by atoms with E-state index in [1.807, 2.05) is 18.4 Å². The summed E-state index contributed by atoms with van der Waals surface area (Å²) in [7, 11) is 0. The van der Waals surface area contributed by atoms with Crippen LogP contribution in [0.15, 0.2) is 24.3 Å². The van der Waals surface area contributed by atoms with Gasteiger partial charge in [0.15, 0.2) is 0 Å². The molecule has 19 heavy (non-hydrogen) atoms. The second-order valence-electron chi connectivity index (χ2n) is 4.80. The Morgan fingerprint density at radius 2 is 2.00 bits per heavy atom. The van der Waals surface area contributed by atoms with Crippen molar-refractivity contribution >= 4 is 23.5 Å². The number of nitrogens with one attached hydrogen (secondary N) is 2. The second kappa shape index (κ2) is 7.05. The van der Waals surface area contributed by atoms with Gasteiger partial charge in [-0.1, -0.05) is 12.1 Å². The van der Waals surface area contributed by atoms with Crippen LogP contribution in [0.25, 0.3) is 0 Å². The molecular formula is C14H19N3OS. The lowest BCUT2D eigenvalue weighted by atomic mass is 10.1. The van der Waals surface area contributed by atoms with Gasteiger partial charge in [-0.3, -0.25) is 0 Å². The van der Waals surface area contributed by atoms with Gasteiger partial charge in [-0.2, -0.15) is 17.0 Å². The van der Waals surface area contributed by atoms with Crippen molar-refractivity contribution in [3.05, 3.63) is 29.8 Å². The van der Waals surface area contributed by atoms with E-state index in [0.717, 1.165) is 11.3 Å². The van der Waals surface area contributed by atoms with Crippen molar-refractivity contribution in [2.45, 2.75) is 25.0 Å². The molecule has 102 valence electrons. The van der Waals surface area contributed by atoms with Crippen LogP contribution >= 0.6 is 11.8 Å². The number of nitrogens with zero attached hydrogens (tertiary/aromatic N) is 1. The zero-order valence-electron chi connectivity index (χ0n) is 11.5. The first-order chi connectivity index (χ1) is 8.96. The minimum absolute atomic E-state index is 0.0218. The molecule has 2 amide bonds. The summed E-state index contributed by atoms with van der Waals surface area (Å²) in [5.74, 6) is 0. The molecule has 1 rings (SSSR count). The van der Waals surface area contributed by atoms with Gasteiger partial charge in [0, 0.05) is 17.0 Å². The zero-order chi connectivity index (χ0) is 14.3. The fourth-order valence-electron chi connectivity index (χ4n) is 1.34. The highest BCUT2D eigenvalue weighted by Gasteiger charge is 2.16. The highest BCUT2D eigenvalue weighted by atomic mass is 32.2. The largest absolute Gasteiger partial charge is 0.336 e. The maximum Gasteiger partial charge on any atom is 0.319 e. The van der Waals surface area contributed by atoms with Crippen LogP contribution in [-0.2, 0) is 6.42 Å². The molecular weight excluding hydrogens is 258 g/mol. The summed E-state index contributed by atoms with van der Waals surface area (Å²) in [5, 5.41) is 14.2. The number of thioether (sulfide) groups is 1. The number of carbonyl (C=O) groups excluding carboxylic acids is 1. The molecule has 1 aromatic carbocycles. The Hall–Kier alpha value is -1.67. The van der Waals surface area contributed by atoms with Gasteiger partial charge in [-0.05, 0) is 37.8 Å². The Balaban J connectivity index is 2.46. The van der Waals surface area contributed by atoms with Crippen molar-refractivity contribution in [1.29, 1.82) is 5.26 Å². The summed E-state index contributed by atoms with van der Waals surface area (Å²) >= 11 is 1.71. The third-order valence-corrected chi connectivity index (χ3v) is 3.97. The van der Waals surface area contributed by atoms with Crippen molar-refractivity contribution in [2.75, 3.05) is 18.1 Å². The average molecular weight is 277 g/mol. The van der Waals surface area contributed by atoms with Gasteiger partial charge in [0.25, 0.3) is 0 Å². The highest BCUT2D eigenvalue weighted by Crippen LogP contribution is 2.19. The van der Waals surface area contributed by atoms with Crippen LogP contribution < -0.4 is 10.6 Å². The topological polar surface area (TPSA) is 64.9 Å². The first-order valence-corrected chi connectivity index (χ1v) is 7.25. The van der Waals surface area contributed by atoms with Gasteiger partial charge in [0.05, 0.1) is 12.5 Å². The number of anilines is 1. The van der Waals surface area contributed by atoms with Gasteiger partial charge in [0.1, 0.15) is 0 Å². The van der Waals surface area contributed by atoms with Crippen molar-refractivity contribution in [2.24, 2.45) is 0 Å². The van der Waals surface area contributed by atoms with E-state index in [0.29, 0.717) is 13.0 Å². The lowest BCUT2D eigenvalue weighted by Crippen LogP contribution is -2.38. The molecule has 0 unspecified atom stereocenters. The maximum absolute atomic E-state index is 11.7. The van der Waals surface area contributed by atoms with Crippen LogP contribution in [0.3, 0.4) is 0 Å². The number of nitriles is 1. The smallest absolute Gasteiger partial charge is 0.319 e. The number of benzene rings is 1. The van der Waals surface area contributed by atoms with E-state index in [1.54, 1.807) is 23.9 Å². The number of carbonyl (C=O) groups is 1. The molecule has 5 heteroatoms. The fourth-order valence-corrected chi connectivity index (χ4v) is 1.55. The molecule has 0 saturated carbocycles. The van der Waals surface area contributed by atoms with Gasteiger partial charge in [-0.15, -0.1) is 0 Å². The Kier molecular flexibility index (Phi) is 5.71. The number of hydrogen-bond acceptors (Lipinski definition) is 3. The van der Waals surface area contributed by atoms with E-state index in [1.165, 1.54) is 0 Å². The predicted molar refractivity (Wildman–Crippen MR) is 80.4 cm³/mol. The minimum atomic E-state index is -0.213. The standard InChI is InChI=1S/C14H19N3OS/c1-14(2,19-3)10-16-13(18)17-12-6-4-11(5-7-12)8-9-15/h4-7H,8,10H2,1-3H3,(H2,16,17,18). The molecule has 0 aliphatic heterocycles. The Labute approximate surface area is 118 Å². The molecule has 4 nitrogen and oxygen atoms in total. The van der Waals surface area contributed by atoms with Gasteiger partial charge < -0.3 is 10.6 Å². The number of amides is 2. The average Bonchev–Trinajstić information content (AvgIpc) is 2.39. The first-order valence-electron chi connectivity index (χ1n) is 6.03. The highest BCUT2D eigenvalue weighted by molar-refractivity contribution is 7.99. The lowest BCUT2D eigenvalue weighted by Gasteiger charge is -2.22. The van der Waals surface area contributed by atoms with E-state index in [4.69, 9.17) is 5.26 Å². The Morgan fingerprint density at radius 3 is 2.53 bits per heavy atom. The molecule has 0 spiro atoms. The predicted octanol–water partition coefficient (Wildman–Crippen LogP) is 3.02. The molecule has 0 saturated heterocycles. The van der Waals surface area contributed by atoms with Gasteiger partial charge in [-0.25, -0.2) is 4.79 Å². The summed E-state index contributed by atoms with van der Waals surface area (Å²) in [5.41, 5.74) is 1.66. The van der Waals surface area contributed by atoms with Crippen molar-refractivity contribution in [1.82, 2.24) is 5.32 Å². The molecule has 0 aliphatic rings. The Bertz CT molecular complexity index is 463. The third-order valence-electron chi connectivity index (χ3n) is 2.72. The Morgan fingerprint density at radius 1 is 1.37 bits per heavy atom. The third kappa shape index (κ3) is 5.66. The monoisotopic (exact) mass is 277 g/mol. The van der Waals surface area contributed by atoms with E-state index in [2.05, 4.69) is 30.6 Å². The van der Waals surface area contributed by atoms with Crippen LogP contribution in [0.1, 0.15) is 19.4 Å². The summed E-state index contributed by atoms with van der Waals surface area (Å²) in [6.07, 6.45) is 2.40. The molecule has 0 aromatic heterocycles. The number of urea groups is 1. The van der Waals surface area contributed by atoms with E-state index in [9.17, 15) is 4.79 Å². The molecule has 0 bridgehead atoms. The molecule has 2 N–H and O–H groups in total. The molecule has 0 radical (unpaired) electrons. The maximum atomic E-state index is 11.7. The van der Waals surface area contributed by atoms with Crippen LogP contribution in [0, 0.1) is 11.3 Å². The summed E-state index contributed by atoms with van der Waals surface area (Å²) in [4.78, 5) is 11.7. The zero-order valence-corrected chi connectivity index (χ0v) is 12.3. The van der Waals surface area contributed by atoms with Crippen LogP contribution in [0.5, 0.6) is 0 Å². The van der Waals surface area contributed by atoms with Crippen LogP contribution in [-0.4, -0.2) is 23.6 Å². The summed E-state index contributed by atoms with van der Waals surface area (Å²) in [6.45, 7) is 4.76. The SMILES string of the molecule is CSC(C)(C)CNC(=O)Nc1ccc(CC#N)cc1. The fraction of sp³-hybridized carbons (Fsp3) is 0.429. The quantitative estimate of drug-likeness (QED) is 0.869. The summed E-state index contributed by atoms with van der Waals surface area (Å²) in [6, 6.07) is 9.14. The van der Waals surface area contributed by atoms with Gasteiger partial charge >= 0.3 is 6.03 Å². The summed E-state index contributed by atoms with van der Waals surface area (Å²) < 4.78 is 0.0218. The van der Waals surface area contributed by atoms with E-state index >= 15 is 0 Å². The van der Waals surface area contributed by atoms with Gasteiger partial charge in [0.2, 0.25) is 0 Å². The number of rotatable bonds is 5. The normalized spacial score (nSPS) is 10.6. The van der Waals surface area contributed by atoms with Crippen LogP contribution in [0.2, 0.25) is 0 Å². The van der Waals surface area contributed by atoms with Crippen LogP contribution in [0.4, 0.5) is 10.5 Å². The van der Waals surface area contributed by atoms with Crippen molar-refractivity contribution < 1.29 is 4.79 Å². The molecule has 0 atom stereocenters. The molecule has 0 aliphatic carbocycles. The molecule has 1 aromatic rings. The molecule has 0 heterocycles. The van der Waals surface area contributed by atoms with Crippen molar-refractivity contribution in [3.8, 4) is 6.07 Å². The number of hydrogen-bond donors (Lipinski definition) is 2. The van der Waals surface area contributed by atoms with E-state index in [-0.39, 0.29) is 10.8 Å². The molecule has 0 fully saturated rings. The first kappa shape index (κ1) is 15.4.